The van der Waals surface area contributed by atoms with Crippen molar-refractivity contribution in [3.63, 3.8) is 0 Å². The van der Waals surface area contributed by atoms with Gasteiger partial charge in [0.1, 0.15) is 0 Å². The van der Waals surface area contributed by atoms with Gasteiger partial charge in [-0.2, -0.15) is 13.2 Å². The summed E-state index contributed by atoms with van der Waals surface area (Å²) in [6, 6.07) is 20.6. The van der Waals surface area contributed by atoms with Crippen LogP contribution in [0, 0.1) is 6.92 Å². The van der Waals surface area contributed by atoms with E-state index < -0.39 is 17.8 Å². The van der Waals surface area contributed by atoms with Gasteiger partial charge in [-0.05, 0) is 54.2 Å². The Hall–Kier alpha value is -3.16. The minimum atomic E-state index is -4.44. The quantitative estimate of drug-likeness (QED) is 0.492. The molecule has 1 spiro atoms. The monoisotopic (exact) mass is 494 g/mol. The van der Waals surface area contributed by atoms with Crippen molar-refractivity contribution in [3.8, 4) is 0 Å². The molecule has 5 rings (SSSR count). The molecule has 1 atom stereocenters. The number of carbonyl (C=O) groups is 1. The molecule has 0 aromatic heterocycles. The van der Waals surface area contributed by atoms with Crippen molar-refractivity contribution in [3.05, 3.63) is 106 Å². The van der Waals surface area contributed by atoms with E-state index in [0.29, 0.717) is 25.3 Å². The molecule has 1 fully saturated rings. The number of hydrogen-bond acceptors (Lipinski definition) is 3. The van der Waals surface area contributed by atoms with Crippen LogP contribution >= 0.6 is 0 Å². The first-order valence-electron chi connectivity index (χ1n) is 12.2. The van der Waals surface area contributed by atoms with Crippen molar-refractivity contribution in [1.29, 1.82) is 0 Å². The molecule has 0 bridgehead atoms. The fraction of sp³-hybridized carbons (Fsp3) is 0.345. The second kappa shape index (κ2) is 9.71. The summed E-state index contributed by atoms with van der Waals surface area (Å²) in [6.45, 7) is 3.73. The fourth-order valence-corrected chi connectivity index (χ4v) is 5.30. The third-order valence-corrected chi connectivity index (χ3v) is 7.35. The number of nitrogens with zero attached hydrogens (tertiary/aromatic N) is 1. The normalized spacial score (nSPS) is 17.7. The van der Waals surface area contributed by atoms with E-state index in [2.05, 4.69) is 17.4 Å². The molecule has 1 saturated heterocycles. The number of amides is 1. The lowest BCUT2D eigenvalue weighted by Crippen LogP contribution is -2.48. The maximum absolute atomic E-state index is 13.4. The van der Waals surface area contributed by atoms with E-state index in [0.717, 1.165) is 36.1 Å². The lowest BCUT2D eigenvalue weighted by atomic mass is 9.84. The zero-order valence-corrected chi connectivity index (χ0v) is 20.1. The first-order valence-corrected chi connectivity index (χ1v) is 12.2. The van der Waals surface area contributed by atoms with E-state index in [9.17, 15) is 18.0 Å². The van der Waals surface area contributed by atoms with Gasteiger partial charge in [0.2, 0.25) is 5.91 Å². The minimum Gasteiger partial charge on any atom is -0.365 e. The Bertz CT molecular complexity index is 1230. The average Bonchev–Trinajstić information content (AvgIpc) is 3.23. The maximum Gasteiger partial charge on any atom is 0.416 e. The third kappa shape index (κ3) is 4.90. The van der Waals surface area contributed by atoms with Gasteiger partial charge in [-0.15, -0.1) is 0 Å². The van der Waals surface area contributed by atoms with E-state index >= 15 is 0 Å². The first-order chi connectivity index (χ1) is 17.2. The summed E-state index contributed by atoms with van der Waals surface area (Å²) in [7, 11) is 0. The number of aryl methyl sites for hydroxylation is 1. The number of fused-ring (bicyclic) bond motifs is 2. The Labute approximate surface area is 209 Å². The molecule has 4 nitrogen and oxygen atoms in total. The van der Waals surface area contributed by atoms with Crippen molar-refractivity contribution in [1.82, 2.24) is 10.2 Å². The molecule has 0 saturated carbocycles. The zero-order chi connectivity index (χ0) is 25.3. The van der Waals surface area contributed by atoms with Gasteiger partial charge in [0.05, 0.1) is 30.4 Å². The topological polar surface area (TPSA) is 41.6 Å². The summed E-state index contributed by atoms with van der Waals surface area (Å²) in [5.41, 5.74) is 3.72. The van der Waals surface area contributed by atoms with E-state index in [1.54, 1.807) is 6.07 Å². The zero-order valence-electron chi connectivity index (χ0n) is 20.1. The smallest absolute Gasteiger partial charge is 0.365 e. The van der Waals surface area contributed by atoms with Crippen LogP contribution in [0.15, 0.2) is 72.8 Å². The Morgan fingerprint density at radius 3 is 2.44 bits per heavy atom. The van der Waals surface area contributed by atoms with Crippen LogP contribution in [0.1, 0.15) is 52.3 Å². The van der Waals surface area contributed by atoms with E-state index in [4.69, 9.17) is 4.74 Å². The van der Waals surface area contributed by atoms with Crippen molar-refractivity contribution in [2.75, 3.05) is 19.6 Å². The van der Waals surface area contributed by atoms with Gasteiger partial charge in [-0.3, -0.25) is 10.1 Å². The number of likely N-dealkylation sites (tertiary alicyclic amines) is 1. The molecule has 3 aromatic carbocycles. The van der Waals surface area contributed by atoms with Gasteiger partial charge in [0, 0.05) is 13.1 Å². The molecule has 2 heterocycles. The fourth-order valence-electron chi connectivity index (χ4n) is 5.30. The van der Waals surface area contributed by atoms with E-state index in [1.807, 2.05) is 48.2 Å². The number of halogens is 3. The van der Waals surface area contributed by atoms with Crippen LogP contribution in [-0.2, 0) is 27.9 Å². The van der Waals surface area contributed by atoms with Crippen molar-refractivity contribution in [2.45, 2.75) is 44.2 Å². The second-order valence-corrected chi connectivity index (χ2v) is 9.67. The average molecular weight is 495 g/mol. The largest absolute Gasteiger partial charge is 0.416 e. The van der Waals surface area contributed by atoms with Crippen LogP contribution in [-0.4, -0.2) is 30.4 Å². The highest BCUT2D eigenvalue weighted by atomic mass is 19.4. The standard InChI is InChI=1S/C29H29F3N2O2/c1-20-9-11-21(12-10-20)27(22-6-4-7-24(17-22)29(30,31)32)33-18-26(35)34-15-13-28(14-16-34)25-8-3-2-5-23(25)19-36-28/h2-12,17,27,33H,13-16,18-19H2,1H3. The van der Waals surface area contributed by atoms with E-state index in [-0.39, 0.29) is 18.1 Å². The predicted octanol–water partition coefficient (Wildman–Crippen LogP) is 5.74. The number of piperidine rings is 1. The minimum absolute atomic E-state index is 0.0270. The number of benzene rings is 3. The van der Waals surface area contributed by atoms with Crippen LogP contribution in [0.5, 0.6) is 0 Å². The lowest BCUT2D eigenvalue weighted by molar-refractivity contribution is -0.138. The second-order valence-electron chi connectivity index (χ2n) is 9.67. The number of hydrogen-bond donors (Lipinski definition) is 1. The number of rotatable bonds is 5. The number of nitrogens with one attached hydrogen (secondary N) is 1. The van der Waals surface area contributed by atoms with E-state index in [1.165, 1.54) is 17.2 Å². The summed E-state index contributed by atoms with van der Waals surface area (Å²) < 4.78 is 46.3. The van der Waals surface area contributed by atoms with Crippen molar-refractivity contribution >= 4 is 5.91 Å². The molecule has 7 heteroatoms. The number of alkyl halides is 3. The molecule has 0 radical (unpaired) electrons. The number of carbonyl (C=O) groups excluding carboxylic acids is 1. The SMILES string of the molecule is Cc1ccc(C(NCC(=O)N2CCC3(CC2)OCc2ccccc23)c2cccc(C(F)(F)F)c2)cc1. The molecule has 1 unspecified atom stereocenters. The van der Waals surface area contributed by atoms with Crippen LogP contribution < -0.4 is 5.32 Å². The molecule has 1 N–H and O–H groups in total. The van der Waals surface area contributed by atoms with Crippen molar-refractivity contribution < 1.29 is 22.7 Å². The molecule has 3 aromatic rings. The van der Waals surface area contributed by atoms with Gasteiger partial charge in [-0.25, -0.2) is 0 Å². The van der Waals surface area contributed by atoms with Crippen LogP contribution in [0.3, 0.4) is 0 Å². The first kappa shape index (κ1) is 24.5. The Balaban J connectivity index is 1.29. The molecular formula is C29H29F3N2O2. The Kier molecular flexibility index (Phi) is 6.62. The van der Waals surface area contributed by atoms with Crippen LogP contribution in [0.4, 0.5) is 13.2 Å². The molecule has 2 aliphatic heterocycles. The highest BCUT2D eigenvalue weighted by Gasteiger charge is 2.43. The van der Waals surface area contributed by atoms with Crippen LogP contribution in [0.2, 0.25) is 0 Å². The molecule has 188 valence electrons. The van der Waals surface area contributed by atoms with Crippen LogP contribution in [0.25, 0.3) is 0 Å². The summed E-state index contributed by atoms with van der Waals surface area (Å²) in [6.07, 6.45) is -2.98. The number of ether oxygens (including phenoxy) is 1. The van der Waals surface area contributed by atoms with Crippen molar-refractivity contribution in [2.24, 2.45) is 0 Å². The third-order valence-electron chi connectivity index (χ3n) is 7.35. The summed E-state index contributed by atoms with van der Waals surface area (Å²) >= 11 is 0. The predicted molar refractivity (Wildman–Crippen MR) is 131 cm³/mol. The molecule has 2 aliphatic rings. The van der Waals surface area contributed by atoms with Gasteiger partial charge >= 0.3 is 6.18 Å². The van der Waals surface area contributed by atoms with Gasteiger partial charge in [0.15, 0.2) is 0 Å². The summed E-state index contributed by atoms with van der Waals surface area (Å²) in [4.78, 5) is 15.0. The highest BCUT2D eigenvalue weighted by Crippen LogP contribution is 2.44. The molecule has 36 heavy (non-hydrogen) atoms. The molecule has 0 aliphatic carbocycles. The summed E-state index contributed by atoms with van der Waals surface area (Å²) in [5, 5.41) is 3.23. The van der Waals surface area contributed by atoms with Gasteiger partial charge in [0.25, 0.3) is 0 Å². The van der Waals surface area contributed by atoms with Gasteiger partial charge in [-0.1, -0.05) is 66.2 Å². The maximum atomic E-state index is 13.4. The summed E-state index contributed by atoms with van der Waals surface area (Å²) in [5.74, 6) is -0.0692. The Morgan fingerprint density at radius 2 is 1.72 bits per heavy atom. The highest BCUT2D eigenvalue weighted by molar-refractivity contribution is 5.78. The molecule has 1 amide bonds. The van der Waals surface area contributed by atoms with Gasteiger partial charge < -0.3 is 9.64 Å². The Morgan fingerprint density at radius 1 is 1.00 bits per heavy atom. The molecular weight excluding hydrogens is 465 g/mol. The lowest BCUT2D eigenvalue weighted by Gasteiger charge is -2.39.